The number of hydrogen-bond donors (Lipinski definition) is 0. The fourth-order valence-electron chi connectivity index (χ4n) is 4.81. The van der Waals surface area contributed by atoms with E-state index in [0.717, 1.165) is 34.8 Å². The van der Waals surface area contributed by atoms with Gasteiger partial charge in [0.05, 0.1) is 19.4 Å². The Hall–Kier alpha value is -2.34. The number of carbonyl (C=O) groups excluding carboxylic acids is 1. The summed E-state index contributed by atoms with van der Waals surface area (Å²) >= 11 is 1.70. The molecular formula is C23H28N2O3S. The zero-order valence-corrected chi connectivity index (χ0v) is 18.8. The standard InChI is InChI=1S/C23H28N2O3S/c1-7-28-20(26)17-18(14-8-10-15(27-6)11-9-14)25-16-12-22(2,3)13-23(4,5)19(16)29-21(25)24-17/h8-11H,7,12-13H2,1-6H3. The molecule has 1 aliphatic rings. The van der Waals surface area contributed by atoms with Crippen molar-refractivity contribution in [2.45, 2.75) is 52.9 Å². The second-order valence-electron chi connectivity index (χ2n) is 9.16. The van der Waals surface area contributed by atoms with Crippen LogP contribution in [0.1, 0.15) is 62.1 Å². The lowest BCUT2D eigenvalue weighted by atomic mass is 9.67. The highest BCUT2D eigenvalue weighted by Crippen LogP contribution is 2.50. The van der Waals surface area contributed by atoms with Crippen LogP contribution in [0.3, 0.4) is 0 Å². The van der Waals surface area contributed by atoms with E-state index in [1.165, 1.54) is 10.6 Å². The third-order valence-electron chi connectivity index (χ3n) is 5.59. The summed E-state index contributed by atoms with van der Waals surface area (Å²) in [6.45, 7) is 11.4. The van der Waals surface area contributed by atoms with Crippen molar-refractivity contribution in [2.24, 2.45) is 5.41 Å². The quantitative estimate of drug-likeness (QED) is 0.531. The predicted molar refractivity (Wildman–Crippen MR) is 116 cm³/mol. The lowest BCUT2D eigenvalue weighted by molar-refractivity contribution is 0.0521. The van der Waals surface area contributed by atoms with Crippen molar-refractivity contribution in [3.8, 4) is 17.0 Å². The molecule has 0 atom stereocenters. The van der Waals surface area contributed by atoms with Crippen LogP contribution in [0.5, 0.6) is 5.75 Å². The van der Waals surface area contributed by atoms with Crippen LogP contribution in [0.25, 0.3) is 16.2 Å². The second kappa shape index (κ2) is 6.87. The minimum Gasteiger partial charge on any atom is -0.497 e. The molecule has 3 aromatic rings. The maximum atomic E-state index is 12.7. The maximum Gasteiger partial charge on any atom is 0.359 e. The number of benzene rings is 1. The van der Waals surface area contributed by atoms with Crippen molar-refractivity contribution < 1.29 is 14.3 Å². The summed E-state index contributed by atoms with van der Waals surface area (Å²) in [6.07, 6.45) is 2.08. The second-order valence-corrected chi connectivity index (χ2v) is 10.1. The zero-order valence-electron chi connectivity index (χ0n) is 18.0. The van der Waals surface area contributed by atoms with Crippen LogP contribution < -0.4 is 4.74 Å². The number of imidazole rings is 1. The summed E-state index contributed by atoms with van der Waals surface area (Å²) in [4.78, 5) is 19.7. The molecule has 4 rings (SSSR count). The average Bonchev–Trinajstić information content (AvgIpc) is 3.18. The Kier molecular flexibility index (Phi) is 4.73. The van der Waals surface area contributed by atoms with E-state index >= 15 is 0 Å². The number of methoxy groups -OCH3 is 1. The predicted octanol–water partition coefficient (Wildman–Crippen LogP) is 5.50. The van der Waals surface area contributed by atoms with Gasteiger partial charge in [-0.2, -0.15) is 0 Å². The smallest absolute Gasteiger partial charge is 0.359 e. The molecule has 0 saturated carbocycles. The highest BCUT2D eigenvalue weighted by Gasteiger charge is 2.41. The number of thiazole rings is 1. The van der Waals surface area contributed by atoms with Crippen LogP contribution in [-0.4, -0.2) is 29.1 Å². The average molecular weight is 413 g/mol. The molecule has 0 aliphatic heterocycles. The van der Waals surface area contributed by atoms with E-state index in [4.69, 9.17) is 14.5 Å². The molecule has 2 heterocycles. The summed E-state index contributed by atoms with van der Waals surface area (Å²) in [6, 6.07) is 7.79. The van der Waals surface area contributed by atoms with Gasteiger partial charge in [0.15, 0.2) is 10.7 Å². The van der Waals surface area contributed by atoms with Crippen LogP contribution in [0, 0.1) is 5.41 Å². The first-order chi connectivity index (χ1) is 13.7. The fourth-order valence-corrected chi connectivity index (χ4v) is 6.05. The first-order valence-corrected chi connectivity index (χ1v) is 10.8. The van der Waals surface area contributed by atoms with E-state index in [0.29, 0.717) is 12.3 Å². The molecule has 0 spiro atoms. The summed E-state index contributed by atoms with van der Waals surface area (Å²) in [7, 11) is 1.65. The number of fused-ring (bicyclic) bond motifs is 3. The van der Waals surface area contributed by atoms with E-state index in [9.17, 15) is 4.79 Å². The fraction of sp³-hybridized carbons (Fsp3) is 0.478. The van der Waals surface area contributed by atoms with Crippen molar-refractivity contribution in [2.75, 3.05) is 13.7 Å². The molecule has 0 amide bonds. The Morgan fingerprint density at radius 3 is 2.52 bits per heavy atom. The van der Waals surface area contributed by atoms with Crippen molar-refractivity contribution in [1.82, 2.24) is 9.38 Å². The van der Waals surface area contributed by atoms with Gasteiger partial charge in [-0.25, -0.2) is 9.78 Å². The minimum absolute atomic E-state index is 0.0731. The van der Waals surface area contributed by atoms with Gasteiger partial charge >= 0.3 is 5.97 Å². The molecule has 1 aliphatic carbocycles. The number of rotatable bonds is 4. The van der Waals surface area contributed by atoms with Crippen molar-refractivity contribution >= 4 is 22.3 Å². The first kappa shape index (κ1) is 20.0. The van der Waals surface area contributed by atoms with Crippen LogP contribution in [0.2, 0.25) is 0 Å². The van der Waals surface area contributed by atoms with Crippen molar-refractivity contribution in [1.29, 1.82) is 0 Å². The summed E-state index contributed by atoms with van der Waals surface area (Å²) < 4.78 is 12.8. The SMILES string of the molecule is CCOC(=O)c1nc2sc3c(n2c1-c1ccc(OC)cc1)CC(C)(C)CC3(C)C. The largest absolute Gasteiger partial charge is 0.497 e. The third-order valence-corrected chi connectivity index (χ3v) is 7.03. The lowest BCUT2D eigenvalue weighted by Crippen LogP contribution is -2.34. The molecule has 0 radical (unpaired) electrons. The molecule has 29 heavy (non-hydrogen) atoms. The highest BCUT2D eigenvalue weighted by molar-refractivity contribution is 7.17. The molecule has 1 aromatic carbocycles. The molecule has 0 unspecified atom stereocenters. The Balaban J connectivity index is 2.00. The maximum absolute atomic E-state index is 12.7. The molecule has 2 aromatic heterocycles. The molecule has 0 bridgehead atoms. The summed E-state index contributed by atoms with van der Waals surface area (Å²) in [5.74, 6) is 0.402. The lowest BCUT2D eigenvalue weighted by Gasteiger charge is -2.40. The van der Waals surface area contributed by atoms with Gasteiger partial charge in [0, 0.05) is 21.5 Å². The Morgan fingerprint density at radius 1 is 1.21 bits per heavy atom. The van der Waals surface area contributed by atoms with Gasteiger partial charge < -0.3 is 9.47 Å². The van der Waals surface area contributed by atoms with Crippen molar-refractivity contribution in [3.63, 3.8) is 0 Å². The molecular weight excluding hydrogens is 384 g/mol. The number of ether oxygens (including phenoxy) is 2. The molecule has 0 fully saturated rings. The summed E-state index contributed by atoms with van der Waals surface area (Å²) in [5.41, 5.74) is 3.64. The number of aromatic nitrogens is 2. The topological polar surface area (TPSA) is 52.8 Å². The van der Waals surface area contributed by atoms with Crippen molar-refractivity contribution in [3.05, 3.63) is 40.5 Å². The normalized spacial score (nSPS) is 17.2. The molecule has 5 nitrogen and oxygen atoms in total. The highest BCUT2D eigenvalue weighted by atomic mass is 32.1. The molecule has 0 saturated heterocycles. The van der Waals surface area contributed by atoms with Crippen LogP contribution in [0.15, 0.2) is 24.3 Å². The van der Waals surface area contributed by atoms with Gasteiger partial charge in [-0.3, -0.25) is 4.40 Å². The summed E-state index contributed by atoms with van der Waals surface area (Å²) in [5, 5.41) is 0. The number of nitrogens with zero attached hydrogens (tertiary/aromatic N) is 2. The van der Waals surface area contributed by atoms with E-state index in [1.54, 1.807) is 18.4 Å². The van der Waals surface area contributed by atoms with E-state index < -0.39 is 0 Å². The third kappa shape index (κ3) is 3.33. The number of carbonyl (C=O) groups is 1. The Labute approximate surface area is 175 Å². The van der Waals surface area contributed by atoms with Crippen LogP contribution >= 0.6 is 11.3 Å². The molecule has 6 heteroatoms. The van der Waals surface area contributed by atoms with Crippen LogP contribution in [-0.2, 0) is 16.6 Å². The van der Waals surface area contributed by atoms with Gasteiger partial charge in [-0.05, 0) is 49.4 Å². The van der Waals surface area contributed by atoms with E-state index in [1.807, 2.05) is 31.2 Å². The molecule has 0 N–H and O–H groups in total. The number of hydrogen-bond acceptors (Lipinski definition) is 5. The first-order valence-electron chi connectivity index (χ1n) is 10.0. The number of esters is 1. The Morgan fingerprint density at radius 2 is 1.90 bits per heavy atom. The van der Waals surface area contributed by atoms with Gasteiger partial charge in [0.25, 0.3) is 0 Å². The molecule has 154 valence electrons. The minimum atomic E-state index is -0.378. The van der Waals surface area contributed by atoms with E-state index in [-0.39, 0.29) is 16.8 Å². The Bertz CT molecular complexity index is 1070. The van der Waals surface area contributed by atoms with Gasteiger partial charge in [0.1, 0.15) is 5.75 Å². The monoisotopic (exact) mass is 412 g/mol. The van der Waals surface area contributed by atoms with Crippen LogP contribution in [0.4, 0.5) is 0 Å². The van der Waals surface area contributed by atoms with Gasteiger partial charge in [0.2, 0.25) is 0 Å². The zero-order chi connectivity index (χ0) is 21.0. The van der Waals surface area contributed by atoms with Gasteiger partial charge in [-0.1, -0.05) is 27.7 Å². The van der Waals surface area contributed by atoms with E-state index in [2.05, 4.69) is 32.1 Å². The van der Waals surface area contributed by atoms with Gasteiger partial charge in [-0.15, -0.1) is 11.3 Å².